The first-order valence-electron chi connectivity index (χ1n) is 10.1. The highest BCUT2D eigenvalue weighted by Gasteiger charge is 2.38. The molecule has 2 aliphatic heterocycles. The Hall–Kier alpha value is -2.88. The van der Waals surface area contributed by atoms with Crippen molar-refractivity contribution in [2.24, 2.45) is 0 Å². The Morgan fingerprint density at radius 1 is 1.09 bits per heavy atom. The van der Waals surface area contributed by atoms with E-state index in [0.717, 1.165) is 18.0 Å². The summed E-state index contributed by atoms with van der Waals surface area (Å²) in [5.74, 6) is -1.62. The van der Waals surface area contributed by atoms with Crippen LogP contribution >= 0.6 is 24.2 Å². The van der Waals surface area contributed by atoms with Crippen LogP contribution in [0.4, 0.5) is 5.69 Å². The van der Waals surface area contributed by atoms with Crippen molar-refractivity contribution >= 4 is 53.5 Å². The second-order valence-corrected chi connectivity index (χ2v) is 8.40. The van der Waals surface area contributed by atoms with Crippen molar-refractivity contribution in [1.29, 1.82) is 0 Å². The van der Waals surface area contributed by atoms with Gasteiger partial charge in [-0.15, -0.1) is 12.6 Å². The second kappa shape index (κ2) is 9.32. The number of fused-ring (bicyclic) bond motifs is 1. The predicted octanol–water partition coefficient (Wildman–Crippen LogP) is 2.30. The Labute approximate surface area is 195 Å². The number of thiol groups is 1. The minimum Gasteiger partial charge on any atom is -0.340 e. The van der Waals surface area contributed by atoms with Gasteiger partial charge in [0.05, 0.1) is 22.4 Å². The highest BCUT2D eigenvalue weighted by molar-refractivity contribution is 7.80. The van der Waals surface area contributed by atoms with E-state index in [-0.39, 0.29) is 41.3 Å². The van der Waals surface area contributed by atoms with E-state index in [2.05, 4.69) is 23.3 Å². The molecule has 0 spiro atoms. The van der Waals surface area contributed by atoms with Crippen LogP contribution in [0.25, 0.3) is 0 Å². The van der Waals surface area contributed by atoms with E-state index in [9.17, 15) is 19.2 Å². The molecule has 0 atom stereocenters. The molecule has 0 bridgehead atoms. The fourth-order valence-corrected chi connectivity index (χ4v) is 4.21. The summed E-state index contributed by atoms with van der Waals surface area (Å²) in [4.78, 5) is 54.3. The Morgan fingerprint density at radius 2 is 1.84 bits per heavy atom. The maximum Gasteiger partial charge on any atom is 0.263 e. The third-order valence-electron chi connectivity index (χ3n) is 5.47. The molecule has 0 aliphatic carbocycles. The molecule has 2 aliphatic rings. The Morgan fingerprint density at radius 3 is 2.59 bits per heavy atom. The van der Waals surface area contributed by atoms with Gasteiger partial charge in [-0.05, 0) is 30.3 Å². The van der Waals surface area contributed by atoms with E-state index in [0.29, 0.717) is 23.0 Å². The van der Waals surface area contributed by atoms with Gasteiger partial charge in [-0.1, -0.05) is 17.7 Å². The molecule has 2 aromatic rings. The molecule has 0 radical (unpaired) electrons. The van der Waals surface area contributed by atoms with E-state index in [1.165, 1.54) is 12.1 Å². The minimum absolute atomic E-state index is 0.0163. The molecule has 8 nitrogen and oxygen atoms in total. The van der Waals surface area contributed by atoms with E-state index in [1.54, 1.807) is 29.2 Å². The summed E-state index contributed by atoms with van der Waals surface area (Å²) in [6.45, 7) is 2.64. The second-order valence-electron chi connectivity index (χ2n) is 7.49. The molecule has 4 rings (SSSR count). The normalized spacial score (nSPS) is 15.7. The number of piperazine rings is 1. The standard InChI is InChI=1S/C22H21ClN4O4S/c23-13-4-5-17(32)15(12-13)20(29)25-16-3-1-2-14-19(16)22(31)27(21(14)30)9-6-18(28)26-10-7-24-8-11-26/h1-5,12,24,32H,6-11H2,(H,25,29). The van der Waals surface area contributed by atoms with Crippen LogP contribution in [0, 0.1) is 0 Å². The molecule has 166 valence electrons. The first-order chi connectivity index (χ1) is 15.4. The maximum absolute atomic E-state index is 13.0. The molecule has 10 heteroatoms. The van der Waals surface area contributed by atoms with Gasteiger partial charge in [0.1, 0.15) is 0 Å². The first-order valence-corrected chi connectivity index (χ1v) is 11.0. The van der Waals surface area contributed by atoms with Crippen molar-refractivity contribution in [2.45, 2.75) is 11.3 Å². The van der Waals surface area contributed by atoms with Crippen molar-refractivity contribution in [3.05, 3.63) is 58.1 Å². The van der Waals surface area contributed by atoms with E-state index >= 15 is 0 Å². The van der Waals surface area contributed by atoms with E-state index in [4.69, 9.17) is 11.6 Å². The lowest BCUT2D eigenvalue weighted by Gasteiger charge is -2.28. The van der Waals surface area contributed by atoms with Crippen LogP contribution in [-0.2, 0) is 4.79 Å². The third kappa shape index (κ3) is 4.36. The highest BCUT2D eigenvalue weighted by atomic mass is 35.5. The average molecular weight is 473 g/mol. The first kappa shape index (κ1) is 22.3. The molecule has 0 aromatic heterocycles. The number of nitrogens with one attached hydrogen (secondary N) is 2. The monoisotopic (exact) mass is 472 g/mol. The molecule has 32 heavy (non-hydrogen) atoms. The zero-order chi connectivity index (χ0) is 22.8. The molecule has 0 saturated carbocycles. The van der Waals surface area contributed by atoms with Crippen LogP contribution in [0.1, 0.15) is 37.5 Å². The largest absolute Gasteiger partial charge is 0.340 e. The van der Waals surface area contributed by atoms with Gasteiger partial charge in [-0.3, -0.25) is 24.1 Å². The number of amides is 4. The zero-order valence-electron chi connectivity index (χ0n) is 17.1. The van der Waals surface area contributed by atoms with Gasteiger partial charge in [0, 0.05) is 49.1 Å². The van der Waals surface area contributed by atoms with Gasteiger partial charge in [0.25, 0.3) is 17.7 Å². The fourth-order valence-electron chi connectivity index (χ4n) is 3.80. The van der Waals surface area contributed by atoms with Crippen LogP contribution in [-0.4, -0.2) is 66.2 Å². The number of nitrogens with zero attached hydrogens (tertiary/aromatic N) is 2. The number of halogens is 1. The number of imide groups is 1. The molecule has 1 fully saturated rings. The number of anilines is 1. The van der Waals surface area contributed by atoms with Gasteiger partial charge in [0.2, 0.25) is 5.91 Å². The number of hydrogen-bond acceptors (Lipinski definition) is 6. The van der Waals surface area contributed by atoms with Crippen LogP contribution in [0.2, 0.25) is 5.02 Å². The number of benzene rings is 2. The summed E-state index contributed by atoms with van der Waals surface area (Å²) in [7, 11) is 0. The third-order valence-corrected chi connectivity index (χ3v) is 6.09. The van der Waals surface area contributed by atoms with Crippen molar-refractivity contribution in [2.75, 3.05) is 38.0 Å². The highest BCUT2D eigenvalue weighted by Crippen LogP contribution is 2.30. The van der Waals surface area contributed by atoms with Crippen molar-refractivity contribution < 1.29 is 19.2 Å². The zero-order valence-corrected chi connectivity index (χ0v) is 18.7. The van der Waals surface area contributed by atoms with Crippen LogP contribution < -0.4 is 10.6 Å². The lowest BCUT2D eigenvalue weighted by molar-refractivity contribution is -0.131. The molecule has 1 saturated heterocycles. The number of carbonyl (C=O) groups is 4. The maximum atomic E-state index is 13.0. The fraction of sp³-hybridized carbons (Fsp3) is 0.273. The van der Waals surface area contributed by atoms with Gasteiger partial charge in [0.15, 0.2) is 0 Å². The molecule has 4 amide bonds. The molecular weight excluding hydrogens is 452 g/mol. The van der Waals surface area contributed by atoms with Crippen LogP contribution in [0.5, 0.6) is 0 Å². The van der Waals surface area contributed by atoms with Crippen LogP contribution in [0.15, 0.2) is 41.3 Å². The van der Waals surface area contributed by atoms with E-state index in [1.807, 2.05) is 0 Å². The Bertz CT molecular complexity index is 1120. The Kier molecular flexibility index (Phi) is 6.50. The quantitative estimate of drug-likeness (QED) is 0.458. The number of rotatable bonds is 5. The number of carbonyl (C=O) groups excluding carboxylic acids is 4. The molecule has 0 unspecified atom stereocenters. The van der Waals surface area contributed by atoms with Gasteiger partial charge in [-0.2, -0.15) is 0 Å². The summed E-state index contributed by atoms with van der Waals surface area (Å²) in [6, 6.07) is 9.37. The van der Waals surface area contributed by atoms with Crippen molar-refractivity contribution in [3.8, 4) is 0 Å². The van der Waals surface area contributed by atoms with Crippen molar-refractivity contribution in [1.82, 2.24) is 15.1 Å². The molecule has 2 N–H and O–H groups in total. The summed E-state index contributed by atoms with van der Waals surface area (Å²) in [6.07, 6.45) is 0.0543. The van der Waals surface area contributed by atoms with E-state index < -0.39 is 17.7 Å². The summed E-state index contributed by atoms with van der Waals surface area (Å²) in [5, 5.41) is 6.23. The molecule has 2 heterocycles. The summed E-state index contributed by atoms with van der Waals surface area (Å²) in [5.41, 5.74) is 0.769. The topological polar surface area (TPSA) is 98.8 Å². The molecular formula is C22H21ClN4O4S. The minimum atomic E-state index is -0.536. The smallest absolute Gasteiger partial charge is 0.263 e. The average Bonchev–Trinajstić information content (AvgIpc) is 3.04. The number of hydrogen-bond donors (Lipinski definition) is 3. The predicted molar refractivity (Wildman–Crippen MR) is 123 cm³/mol. The summed E-state index contributed by atoms with van der Waals surface area (Å²) < 4.78 is 0. The van der Waals surface area contributed by atoms with Gasteiger partial charge in [-0.25, -0.2) is 0 Å². The SMILES string of the molecule is O=C(Nc1cccc2c1C(=O)N(CCC(=O)N1CCNCC1)C2=O)c1cc(Cl)ccc1S. The molecule has 2 aromatic carbocycles. The van der Waals surface area contributed by atoms with Gasteiger partial charge < -0.3 is 15.5 Å². The lowest BCUT2D eigenvalue weighted by Crippen LogP contribution is -2.47. The lowest BCUT2D eigenvalue weighted by atomic mass is 10.1. The van der Waals surface area contributed by atoms with Gasteiger partial charge >= 0.3 is 0 Å². The van der Waals surface area contributed by atoms with Crippen LogP contribution in [0.3, 0.4) is 0 Å². The Balaban J connectivity index is 1.51. The van der Waals surface area contributed by atoms with Crippen molar-refractivity contribution in [3.63, 3.8) is 0 Å². The summed E-state index contributed by atoms with van der Waals surface area (Å²) >= 11 is 10.3.